The summed E-state index contributed by atoms with van der Waals surface area (Å²) in [6.45, 7) is 0. The van der Waals surface area contributed by atoms with Crippen LogP contribution in [0, 0.1) is 3.57 Å². The van der Waals surface area contributed by atoms with E-state index >= 15 is 0 Å². The SMILES string of the molecule is O=C(CSc1nnc(-c2ccccc2)o1)c1ccc(I)cc1. The summed E-state index contributed by atoms with van der Waals surface area (Å²) in [5, 5.41) is 8.36. The number of halogens is 1. The Balaban J connectivity index is 1.64. The highest BCUT2D eigenvalue weighted by Gasteiger charge is 2.12. The van der Waals surface area contributed by atoms with Gasteiger partial charge in [-0.15, -0.1) is 10.2 Å². The third-order valence-electron chi connectivity index (χ3n) is 2.92. The highest BCUT2D eigenvalue weighted by molar-refractivity contribution is 14.1. The molecule has 0 radical (unpaired) electrons. The van der Waals surface area contributed by atoms with Gasteiger partial charge in [0.15, 0.2) is 5.78 Å². The summed E-state index contributed by atoms with van der Waals surface area (Å²) in [5.41, 5.74) is 1.56. The van der Waals surface area contributed by atoms with Gasteiger partial charge in [-0.05, 0) is 46.9 Å². The van der Waals surface area contributed by atoms with Crippen LogP contribution < -0.4 is 0 Å². The molecule has 0 bridgehead atoms. The van der Waals surface area contributed by atoms with Gasteiger partial charge in [-0.25, -0.2) is 0 Å². The topological polar surface area (TPSA) is 56.0 Å². The maximum Gasteiger partial charge on any atom is 0.277 e. The summed E-state index contributed by atoms with van der Waals surface area (Å²) in [7, 11) is 0. The van der Waals surface area contributed by atoms with Gasteiger partial charge in [0.05, 0.1) is 5.75 Å². The Morgan fingerprint density at radius 3 is 2.50 bits per heavy atom. The van der Waals surface area contributed by atoms with E-state index in [1.807, 2.05) is 54.6 Å². The zero-order valence-electron chi connectivity index (χ0n) is 11.4. The molecule has 22 heavy (non-hydrogen) atoms. The van der Waals surface area contributed by atoms with Crippen LogP contribution in [-0.2, 0) is 0 Å². The number of aromatic nitrogens is 2. The van der Waals surface area contributed by atoms with Crippen LogP contribution in [0.3, 0.4) is 0 Å². The van der Waals surface area contributed by atoms with E-state index in [2.05, 4.69) is 32.8 Å². The first-order chi connectivity index (χ1) is 10.7. The Morgan fingerprint density at radius 1 is 1.05 bits per heavy atom. The summed E-state index contributed by atoms with van der Waals surface area (Å²) in [5.74, 6) is 0.780. The van der Waals surface area contributed by atoms with Crippen molar-refractivity contribution in [3.05, 3.63) is 63.7 Å². The van der Waals surface area contributed by atoms with Gasteiger partial charge in [0.1, 0.15) is 0 Å². The van der Waals surface area contributed by atoms with Crippen molar-refractivity contribution in [2.75, 3.05) is 5.75 Å². The zero-order chi connectivity index (χ0) is 15.4. The van der Waals surface area contributed by atoms with Crippen LogP contribution in [0.2, 0.25) is 0 Å². The Morgan fingerprint density at radius 2 is 1.77 bits per heavy atom. The molecule has 0 amide bonds. The fourth-order valence-corrected chi connectivity index (χ4v) is 2.83. The largest absolute Gasteiger partial charge is 0.411 e. The van der Waals surface area contributed by atoms with Crippen LogP contribution >= 0.6 is 34.4 Å². The second-order valence-electron chi connectivity index (χ2n) is 4.46. The third kappa shape index (κ3) is 3.75. The van der Waals surface area contributed by atoms with E-state index in [4.69, 9.17) is 4.42 Å². The minimum atomic E-state index is 0.0425. The number of Topliss-reactive ketones (excluding diaryl/α,β-unsaturated/α-hetero) is 1. The van der Waals surface area contributed by atoms with Gasteiger partial charge >= 0.3 is 0 Å². The van der Waals surface area contributed by atoms with E-state index in [0.717, 1.165) is 9.13 Å². The number of ketones is 1. The molecule has 0 aliphatic heterocycles. The summed E-state index contributed by atoms with van der Waals surface area (Å²) < 4.78 is 6.67. The smallest absolute Gasteiger partial charge is 0.277 e. The van der Waals surface area contributed by atoms with Crippen LogP contribution in [0.1, 0.15) is 10.4 Å². The molecule has 1 aromatic heterocycles. The first-order valence-corrected chi connectivity index (χ1v) is 8.59. The summed E-state index contributed by atoms with van der Waals surface area (Å²) in [6, 6.07) is 17.0. The van der Waals surface area contributed by atoms with Gasteiger partial charge < -0.3 is 4.42 Å². The first-order valence-electron chi connectivity index (χ1n) is 6.53. The Bertz CT molecular complexity index is 772. The number of thioether (sulfide) groups is 1. The van der Waals surface area contributed by atoms with E-state index in [1.165, 1.54) is 11.8 Å². The highest BCUT2D eigenvalue weighted by Crippen LogP contribution is 2.23. The summed E-state index contributed by atoms with van der Waals surface area (Å²) in [6.07, 6.45) is 0. The van der Waals surface area contributed by atoms with Crippen molar-refractivity contribution in [3.8, 4) is 11.5 Å². The van der Waals surface area contributed by atoms with E-state index in [1.54, 1.807) is 0 Å². The number of carbonyl (C=O) groups is 1. The van der Waals surface area contributed by atoms with Crippen LogP contribution in [0.5, 0.6) is 0 Å². The average molecular weight is 422 g/mol. The van der Waals surface area contributed by atoms with Gasteiger partial charge in [-0.3, -0.25) is 4.79 Å². The van der Waals surface area contributed by atoms with Gasteiger partial charge in [0.2, 0.25) is 5.89 Å². The first kappa shape index (κ1) is 15.2. The predicted molar refractivity (Wildman–Crippen MR) is 93.9 cm³/mol. The van der Waals surface area contributed by atoms with Crippen LogP contribution in [-0.4, -0.2) is 21.7 Å². The number of hydrogen-bond acceptors (Lipinski definition) is 5. The van der Waals surface area contributed by atoms with Crippen molar-refractivity contribution in [1.29, 1.82) is 0 Å². The Labute approximate surface area is 145 Å². The number of benzene rings is 2. The van der Waals surface area contributed by atoms with Gasteiger partial charge in [0.25, 0.3) is 5.22 Å². The molecule has 2 aromatic carbocycles. The van der Waals surface area contributed by atoms with Crippen molar-refractivity contribution >= 4 is 40.1 Å². The molecule has 0 spiro atoms. The third-order valence-corrected chi connectivity index (χ3v) is 4.46. The van der Waals surface area contributed by atoms with Crippen LogP contribution in [0.4, 0.5) is 0 Å². The standard InChI is InChI=1S/C16H11IN2O2S/c17-13-8-6-11(7-9-13)14(20)10-22-16-19-18-15(21-16)12-4-2-1-3-5-12/h1-9H,10H2. The molecule has 3 aromatic rings. The molecule has 0 unspecified atom stereocenters. The minimum Gasteiger partial charge on any atom is -0.411 e. The second kappa shape index (κ2) is 7.06. The van der Waals surface area contributed by atoms with Gasteiger partial charge in [-0.1, -0.05) is 42.1 Å². The summed E-state index contributed by atoms with van der Waals surface area (Å²) >= 11 is 3.46. The number of carbonyl (C=O) groups excluding carboxylic acids is 1. The van der Waals surface area contributed by atoms with Gasteiger partial charge in [0, 0.05) is 14.7 Å². The maximum atomic E-state index is 12.1. The Hall–Kier alpha value is -1.67. The quantitative estimate of drug-likeness (QED) is 0.348. The van der Waals surface area contributed by atoms with E-state index < -0.39 is 0 Å². The monoisotopic (exact) mass is 422 g/mol. The molecule has 0 aliphatic carbocycles. The molecule has 4 nitrogen and oxygen atoms in total. The van der Waals surface area contributed by atoms with E-state index in [9.17, 15) is 4.79 Å². The van der Waals surface area contributed by atoms with E-state index in [-0.39, 0.29) is 11.5 Å². The average Bonchev–Trinajstić information content (AvgIpc) is 3.03. The van der Waals surface area contributed by atoms with Gasteiger partial charge in [-0.2, -0.15) is 0 Å². The molecule has 110 valence electrons. The zero-order valence-corrected chi connectivity index (χ0v) is 14.4. The van der Waals surface area contributed by atoms with E-state index in [0.29, 0.717) is 16.7 Å². The summed E-state index contributed by atoms with van der Waals surface area (Å²) in [4.78, 5) is 12.1. The lowest BCUT2D eigenvalue weighted by molar-refractivity contribution is 0.102. The highest BCUT2D eigenvalue weighted by atomic mass is 127. The number of nitrogens with zero attached hydrogens (tertiary/aromatic N) is 2. The molecule has 1 heterocycles. The molecule has 0 N–H and O–H groups in total. The molecular weight excluding hydrogens is 411 g/mol. The Kier molecular flexibility index (Phi) is 4.89. The molecule has 0 atom stereocenters. The molecule has 6 heteroatoms. The molecule has 0 aliphatic rings. The lowest BCUT2D eigenvalue weighted by Gasteiger charge is -1.99. The fraction of sp³-hybridized carbons (Fsp3) is 0.0625. The predicted octanol–water partition coefficient (Wildman–Crippen LogP) is 4.32. The molecule has 0 saturated carbocycles. The van der Waals surface area contributed by atoms with Crippen LogP contribution in [0.25, 0.3) is 11.5 Å². The fourth-order valence-electron chi connectivity index (χ4n) is 1.81. The lowest BCUT2D eigenvalue weighted by atomic mass is 10.2. The van der Waals surface area contributed by atoms with Crippen molar-refractivity contribution in [1.82, 2.24) is 10.2 Å². The van der Waals surface area contributed by atoms with Crippen molar-refractivity contribution in [3.63, 3.8) is 0 Å². The molecule has 0 saturated heterocycles. The lowest BCUT2D eigenvalue weighted by Crippen LogP contribution is -2.02. The van der Waals surface area contributed by atoms with Crippen molar-refractivity contribution < 1.29 is 9.21 Å². The second-order valence-corrected chi connectivity index (χ2v) is 6.63. The molecule has 3 rings (SSSR count). The number of rotatable bonds is 5. The van der Waals surface area contributed by atoms with Crippen molar-refractivity contribution in [2.45, 2.75) is 5.22 Å². The maximum absolute atomic E-state index is 12.1. The number of hydrogen-bond donors (Lipinski definition) is 0. The molecule has 0 fully saturated rings. The van der Waals surface area contributed by atoms with Crippen molar-refractivity contribution in [2.24, 2.45) is 0 Å². The van der Waals surface area contributed by atoms with Crippen LogP contribution in [0.15, 0.2) is 64.2 Å². The molecular formula is C16H11IN2O2S. The normalized spacial score (nSPS) is 10.6. The minimum absolute atomic E-state index is 0.0425.